The van der Waals surface area contributed by atoms with Crippen LogP contribution in [0.2, 0.25) is 0 Å². The van der Waals surface area contributed by atoms with E-state index in [-0.39, 0.29) is 17.8 Å². The molecule has 4 heterocycles. The number of nitrogens with zero attached hydrogens (tertiary/aromatic N) is 6. The molecule has 0 aliphatic heterocycles. The smallest absolute Gasteiger partial charge is 0.325 e. The number of nitrogen functional groups attached to an aromatic ring is 1. The molecule has 5 aromatic rings. The van der Waals surface area contributed by atoms with Crippen LogP contribution >= 0.6 is 0 Å². The van der Waals surface area contributed by atoms with Crippen molar-refractivity contribution in [3.05, 3.63) is 67.3 Å². The van der Waals surface area contributed by atoms with Crippen molar-refractivity contribution in [2.24, 2.45) is 0 Å². The van der Waals surface area contributed by atoms with Crippen molar-refractivity contribution < 1.29 is 9.90 Å². The number of carbonyl (C=O) groups is 1. The standard InChI is InChI=1S/C22H16BN7O2/c23-19-20(15-9-26-29(11-15)12-18(31)32)28-22-16(10-27-30(22)21(19)24)14-6-7-17(25-8-14)13-4-2-1-3-5-13/h1-11H,12,24H2,(H,31,32). The van der Waals surface area contributed by atoms with Gasteiger partial charge in [-0.1, -0.05) is 36.4 Å². The first-order chi connectivity index (χ1) is 15.5. The zero-order valence-corrected chi connectivity index (χ0v) is 16.8. The normalized spacial score (nSPS) is 11.1. The van der Waals surface area contributed by atoms with Crippen molar-refractivity contribution in [1.29, 1.82) is 0 Å². The lowest BCUT2D eigenvalue weighted by Crippen LogP contribution is -2.20. The minimum Gasteiger partial charge on any atom is -0.480 e. The number of benzene rings is 1. The summed E-state index contributed by atoms with van der Waals surface area (Å²) in [4.78, 5) is 20.2. The summed E-state index contributed by atoms with van der Waals surface area (Å²) >= 11 is 0. The molecule has 3 N–H and O–H groups in total. The molecule has 9 nitrogen and oxygen atoms in total. The SMILES string of the molecule is [B]c1c(-c2cnn(CC(=O)O)c2)nc2c(-c3ccc(-c4ccccc4)nc3)cnn2c1N. The minimum absolute atomic E-state index is 0.232. The van der Waals surface area contributed by atoms with Gasteiger partial charge in [-0.15, -0.1) is 0 Å². The number of carboxylic acid groups (broad SMARTS) is 1. The molecule has 0 fully saturated rings. The fraction of sp³-hybridized carbons (Fsp3) is 0.0455. The number of hydrogen-bond acceptors (Lipinski definition) is 6. The van der Waals surface area contributed by atoms with Crippen molar-refractivity contribution in [3.63, 3.8) is 0 Å². The van der Waals surface area contributed by atoms with E-state index in [1.807, 2.05) is 42.5 Å². The average Bonchev–Trinajstić information content (AvgIpc) is 3.43. The van der Waals surface area contributed by atoms with Crippen LogP contribution in [0.4, 0.5) is 5.82 Å². The van der Waals surface area contributed by atoms with Gasteiger partial charge >= 0.3 is 5.97 Å². The summed E-state index contributed by atoms with van der Waals surface area (Å²) < 4.78 is 2.77. The van der Waals surface area contributed by atoms with Crippen molar-refractivity contribution in [2.45, 2.75) is 6.54 Å². The van der Waals surface area contributed by atoms with Gasteiger partial charge in [0.1, 0.15) is 20.2 Å². The molecular formula is C22H16BN7O2. The summed E-state index contributed by atoms with van der Waals surface area (Å²) in [6.07, 6.45) is 6.49. The van der Waals surface area contributed by atoms with Gasteiger partial charge in [-0.05, 0) is 11.5 Å². The van der Waals surface area contributed by atoms with Crippen LogP contribution < -0.4 is 11.2 Å². The molecule has 0 spiro atoms. The summed E-state index contributed by atoms with van der Waals surface area (Å²) in [7, 11) is 6.21. The second-order valence-electron chi connectivity index (χ2n) is 7.17. The Morgan fingerprint density at radius 1 is 1.00 bits per heavy atom. The van der Waals surface area contributed by atoms with Crippen LogP contribution in [0.15, 0.2) is 67.3 Å². The third-order valence-corrected chi connectivity index (χ3v) is 5.07. The van der Waals surface area contributed by atoms with Gasteiger partial charge in [0.05, 0.1) is 23.8 Å². The Labute approximate surface area is 183 Å². The molecule has 154 valence electrons. The van der Waals surface area contributed by atoms with E-state index < -0.39 is 5.97 Å². The highest BCUT2D eigenvalue weighted by molar-refractivity contribution is 6.38. The van der Waals surface area contributed by atoms with Crippen LogP contribution in [0, 0.1) is 0 Å². The maximum absolute atomic E-state index is 11.0. The van der Waals surface area contributed by atoms with Gasteiger partial charge in [0.2, 0.25) is 0 Å². The molecule has 10 heteroatoms. The monoisotopic (exact) mass is 421 g/mol. The van der Waals surface area contributed by atoms with Crippen LogP contribution in [-0.4, -0.2) is 48.3 Å². The maximum Gasteiger partial charge on any atom is 0.325 e. The molecule has 0 aliphatic rings. The molecule has 4 aromatic heterocycles. The molecule has 1 aromatic carbocycles. The van der Waals surface area contributed by atoms with E-state index in [9.17, 15) is 4.79 Å². The first kappa shape index (κ1) is 19.5. The van der Waals surface area contributed by atoms with Gasteiger partial charge < -0.3 is 10.8 Å². The van der Waals surface area contributed by atoms with E-state index in [1.165, 1.54) is 15.4 Å². The van der Waals surface area contributed by atoms with E-state index in [0.29, 0.717) is 16.9 Å². The zero-order chi connectivity index (χ0) is 22.2. The molecule has 0 saturated carbocycles. The lowest BCUT2D eigenvalue weighted by atomic mass is 9.92. The molecule has 0 aliphatic carbocycles. The molecule has 0 amide bonds. The summed E-state index contributed by atoms with van der Waals surface area (Å²) in [6.45, 7) is -0.269. The highest BCUT2D eigenvalue weighted by atomic mass is 16.4. The van der Waals surface area contributed by atoms with E-state index in [1.54, 1.807) is 18.6 Å². The van der Waals surface area contributed by atoms with E-state index in [4.69, 9.17) is 18.7 Å². The van der Waals surface area contributed by atoms with Crippen LogP contribution in [0.1, 0.15) is 0 Å². The molecule has 5 rings (SSSR count). The van der Waals surface area contributed by atoms with Gasteiger partial charge in [0.15, 0.2) is 5.65 Å². The van der Waals surface area contributed by atoms with Crippen LogP contribution in [0.3, 0.4) is 0 Å². The zero-order valence-electron chi connectivity index (χ0n) is 16.8. The highest BCUT2D eigenvalue weighted by Gasteiger charge is 2.17. The molecule has 0 bridgehead atoms. The Kier molecular flexibility index (Phi) is 4.66. The number of fused-ring (bicyclic) bond motifs is 1. The molecule has 0 saturated heterocycles. The first-order valence-electron chi connectivity index (χ1n) is 9.70. The Hall–Kier alpha value is -4.47. The molecule has 32 heavy (non-hydrogen) atoms. The summed E-state index contributed by atoms with van der Waals surface area (Å²) in [5.41, 5.74) is 11.4. The predicted octanol–water partition coefficient (Wildman–Crippen LogP) is 1.78. The number of nitrogens with two attached hydrogens (primary N) is 1. The Bertz CT molecular complexity index is 1440. The summed E-state index contributed by atoms with van der Waals surface area (Å²) in [5, 5.41) is 17.4. The number of carboxylic acids is 1. The third-order valence-electron chi connectivity index (χ3n) is 5.07. The molecular weight excluding hydrogens is 405 g/mol. The summed E-state index contributed by atoms with van der Waals surface area (Å²) in [6, 6.07) is 13.8. The van der Waals surface area contributed by atoms with Crippen molar-refractivity contribution in [1.82, 2.24) is 29.4 Å². The van der Waals surface area contributed by atoms with Gasteiger partial charge in [0.25, 0.3) is 0 Å². The number of hydrogen-bond donors (Lipinski definition) is 2. The average molecular weight is 421 g/mol. The van der Waals surface area contributed by atoms with Gasteiger partial charge in [-0.2, -0.15) is 14.7 Å². The molecule has 0 atom stereocenters. The van der Waals surface area contributed by atoms with E-state index >= 15 is 0 Å². The van der Waals surface area contributed by atoms with Crippen LogP contribution in [0.25, 0.3) is 39.3 Å². The number of rotatable bonds is 5. The quantitative estimate of drug-likeness (QED) is 0.415. The number of anilines is 1. The topological polar surface area (TPSA) is 124 Å². The second-order valence-corrected chi connectivity index (χ2v) is 7.17. The molecule has 2 radical (unpaired) electrons. The summed E-state index contributed by atoms with van der Waals surface area (Å²) in [5.74, 6) is -0.767. The highest BCUT2D eigenvalue weighted by Crippen LogP contribution is 2.27. The first-order valence-corrected chi connectivity index (χ1v) is 9.70. The van der Waals surface area contributed by atoms with Crippen molar-refractivity contribution in [2.75, 3.05) is 5.73 Å². The predicted molar refractivity (Wildman–Crippen MR) is 120 cm³/mol. The van der Waals surface area contributed by atoms with E-state index in [2.05, 4.69) is 20.2 Å². The Morgan fingerprint density at radius 3 is 2.53 bits per heavy atom. The van der Waals surface area contributed by atoms with Crippen molar-refractivity contribution >= 4 is 30.7 Å². The maximum atomic E-state index is 11.0. The van der Waals surface area contributed by atoms with Crippen LogP contribution in [-0.2, 0) is 11.3 Å². The minimum atomic E-state index is -1.000. The van der Waals surface area contributed by atoms with Gasteiger partial charge in [-0.3, -0.25) is 14.5 Å². The Morgan fingerprint density at radius 2 is 1.81 bits per heavy atom. The van der Waals surface area contributed by atoms with Crippen LogP contribution in [0.5, 0.6) is 0 Å². The second kappa shape index (κ2) is 7.66. The lowest BCUT2D eigenvalue weighted by Gasteiger charge is -2.10. The van der Waals surface area contributed by atoms with Crippen molar-refractivity contribution in [3.8, 4) is 33.6 Å². The number of aromatic nitrogens is 6. The molecule has 0 unspecified atom stereocenters. The van der Waals surface area contributed by atoms with E-state index in [0.717, 1.165) is 22.4 Å². The fourth-order valence-electron chi connectivity index (χ4n) is 3.49. The Balaban J connectivity index is 1.58. The number of aliphatic carboxylic acids is 1. The number of pyridine rings is 1. The largest absolute Gasteiger partial charge is 0.480 e. The van der Waals surface area contributed by atoms with Gasteiger partial charge in [0, 0.05) is 34.6 Å². The lowest BCUT2D eigenvalue weighted by molar-refractivity contribution is -0.137. The third kappa shape index (κ3) is 3.37. The fourth-order valence-corrected chi connectivity index (χ4v) is 3.49. The van der Waals surface area contributed by atoms with Gasteiger partial charge in [-0.25, -0.2) is 4.98 Å².